The van der Waals surface area contributed by atoms with Crippen LogP contribution in [0.4, 0.5) is 0 Å². The Morgan fingerprint density at radius 3 is 2.06 bits per heavy atom. The zero-order valence-corrected chi connectivity index (χ0v) is 10.7. The molecule has 2 heteroatoms. The van der Waals surface area contributed by atoms with Gasteiger partial charge in [0.2, 0.25) is 0 Å². The van der Waals surface area contributed by atoms with E-state index in [0.717, 1.165) is 10.5 Å². The molecule has 2 aromatic rings. The van der Waals surface area contributed by atoms with Crippen LogP contribution in [0.5, 0.6) is 0 Å². The van der Waals surface area contributed by atoms with Crippen molar-refractivity contribution in [2.24, 2.45) is 0 Å². The number of rotatable bonds is 4. The minimum atomic E-state index is -0.651. The lowest BCUT2D eigenvalue weighted by molar-refractivity contribution is 0.189. The maximum Gasteiger partial charge on any atom is 0.102 e. The van der Waals surface area contributed by atoms with Crippen LogP contribution in [0.1, 0.15) is 11.7 Å². The highest BCUT2D eigenvalue weighted by molar-refractivity contribution is 8.00. The third-order valence-electron chi connectivity index (χ3n) is 2.60. The molecule has 0 aliphatic heterocycles. The van der Waals surface area contributed by atoms with E-state index in [1.807, 2.05) is 60.7 Å². The molecule has 0 amide bonds. The SMILES string of the molecule is C#CC(Sc1ccccc1)C(O)c1ccccc1. The fraction of sp³-hybridized carbons (Fsp3) is 0.125. The number of aliphatic hydroxyl groups excluding tert-OH is 1. The Morgan fingerprint density at radius 1 is 0.944 bits per heavy atom. The van der Waals surface area contributed by atoms with Crippen molar-refractivity contribution >= 4 is 11.8 Å². The van der Waals surface area contributed by atoms with Crippen LogP contribution >= 0.6 is 11.8 Å². The molecule has 2 atom stereocenters. The van der Waals surface area contributed by atoms with Crippen LogP contribution in [0.2, 0.25) is 0 Å². The zero-order valence-electron chi connectivity index (χ0n) is 9.86. The zero-order chi connectivity index (χ0) is 12.8. The number of hydrogen-bond acceptors (Lipinski definition) is 2. The Morgan fingerprint density at radius 2 is 1.50 bits per heavy atom. The molecule has 90 valence electrons. The van der Waals surface area contributed by atoms with Crippen LogP contribution < -0.4 is 0 Å². The summed E-state index contributed by atoms with van der Waals surface area (Å²) in [5.74, 6) is 2.66. The highest BCUT2D eigenvalue weighted by Gasteiger charge is 2.19. The molecule has 0 saturated carbocycles. The maximum atomic E-state index is 10.3. The summed E-state index contributed by atoms with van der Waals surface area (Å²) < 4.78 is 0. The van der Waals surface area contributed by atoms with Crippen molar-refractivity contribution in [3.8, 4) is 12.3 Å². The molecule has 0 radical (unpaired) electrons. The van der Waals surface area contributed by atoms with Gasteiger partial charge in [0.1, 0.15) is 11.4 Å². The number of benzene rings is 2. The van der Waals surface area contributed by atoms with Crippen LogP contribution in [0.25, 0.3) is 0 Å². The lowest BCUT2D eigenvalue weighted by Gasteiger charge is -2.17. The normalized spacial score (nSPS) is 13.6. The molecule has 2 unspecified atom stereocenters. The molecule has 0 saturated heterocycles. The summed E-state index contributed by atoms with van der Waals surface area (Å²) in [6, 6.07) is 19.4. The van der Waals surface area contributed by atoms with E-state index in [0.29, 0.717) is 0 Å². The third-order valence-corrected chi connectivity index (χ3v) is 3.79. The van der Waals surface area contributed by atoms with E-state index < -0.39 is 6.10 Å². The van der Waals surface area contributed by atoms with E-state index in [2.05, 4.69) is 5.92 Å². The molecule has 2 rings (SSSR count). The minimum absolute atomic E-state index is 0.283. The van der Waals surface area contributed by atoms with Crippen LogP contribution in [-0.4, -0.2) is 10.4 Å². The smallest absolute Gasteiger partial charge is 0.102 e. The van der Waals surface area contributed by atoms with Crippen LogP contribution in [-0.2, 0) is 0 Å². The van der Waals surface area contributed by atoms with Gasteiger partial charge in [-0.2, -0.15) is 0 Å². The molecule has 0 bridgehead atoms. The predicted octanol–water partition coefficient (Wildman–Crippen LogP) is 3.51. The molecule has 1 nitrogen and oxygen atoms in total. The van der Waals surface area contributed by atoms with E-state index in [-0.39, 0.29) is 5.25 Å². The summed E-state index contributed by atoms with van der Waals surface area (Å²) in [4.78, 5) is 1.07. The lowest BCUT2D eigenvalue weighted by Crippen LogP contribution is -2.12. The number of thioether (sulfide) groups is 1. The van der Waals surface area contributed by atoms with Gasteiger partial charge in [0.15, 0.2) is 0 Å². The molecule has 18 heavy (non-hydrogen) atoms. The predicted molar refractivity (Wildman–Crippen MR) is 76.3 cm³/mol. The van der Waals surface area contributed by atoms with Crippen molar-refractivity contribution in [3.63, 3.8) is 0 Å². The van der Waals surface area contributed by atoms with E-state index in [1.54, 1.807) is 0 Å². The maximum absolute atomic E-state index is 10.3. The molecule has 0 heterocycles. The summed E-state index contributed by atoms with van der Waals surface area (Å²) >= 11 is 1.51. The number of hydrogen-bond donors (Lipinski definition) is 1. The first-order valence-electron chi connectivity index (χ1n) is 5.72. The van der Waals surface area contributed by atoms with Crippen molar-refractivity contribution in [2.45, 2.75) is 16.2 Å². The Kier molecular flexibility index (Phi) is 4.46. The van der Waals surface area contributed by atoms with Crippen molar-refractivity contribution in [1.29, 1.82) is 0 Å². The van der Waals surface area contributed by atoms with Crippen LogP contribution in [0.3, 0.4) is 0 Å². The molecule has 0 aliphatic carbocycles. The monoisotopic (exact) mass is 254 g/mol. The van der Waals surface area contributed by atoms with Crippen LogP contribution in [0, 0.1) is 12.3 Å². The molecule has 0 aliphatic rings. The quantitative estimate of drug-likeness (QED) is 0.665. The van der Waals surface area contributed by atoms with Gasteiger partial charge in [0.05, 0.1) is 0 Å². The Bertz CT molecular complexity index is 516. The van der Waals surface area contributed by atoms with Gasteiger partial charge in [-0.3, -0.25) is 0 Å². The van der Waals surface area contributed by atoms with Gasteiger partial charge in [-0.05, 0) is 17.7 Å². The fourth-order valence-electron chi connectivity index (χ4n) is 1.66. The van der Waals surface area contributed by atoms with E-state index in [9.17, 15) is 5.11 Å². The van der Waals surface area contributed by atoms with E-state index >= 15 is 0 Å². The molecule has 0 aromatic heterocycles. The summed E-state index contributed by atoms with van der Waals surface area (Å²) in [6.45, 7) is 0. The Balaban J connectivity index is 2.13. The average Bonchev–Trinajstić information content (AvgIpc) is 2.46. The van der Waals surface area contributed by atoms with Gasteiger partial charge in [0, 0.05) is 4.90 Å². The van der Waals surface area contributed by atoms with E-state index in [4.69, 9.17) is 6.42 Å². The Hall–Kier alpha value is -1.69. The van der Waals surface area contributed by atoms with Crippen LogP contribution in [0.15, 0.2) is 65.6 Å². The summed E-state index contributed by atoms with van der Waals surface area (Å²) in [7, 11) is 0. The van der Waals surface area contributed by atoms with Gasteiger partial charge >= 0.3 is 0 Å². The first kappa shape index (κ1) is 12.8. The number of terminal acetylenes is 1. The highest BCUT2D eigenvalue weighted by atomic mass is 32.2. The second kappa shape index (κ2) is 6.30. The molecular formula is C16H14OS. The lowest BCUT2D eigenvalue weighted by atomic mass is 10.1. The summed E-state index contributed by atoms with van der Waals surface area (Å²) in [5.41, 5.74) is 0.851. The largest absolute Gasteiger partial charge is 0.386 e. The Labute approximate surface area is 112 Å². The van der Waals surface area contributed by atoms with Gasteiger partial charge in [0.25, 0.3) is 0 Å². The molecule has 0 fully saturated rings. The number of aliphatic hydroxyl groups is 1. The molecular weight excluding hydrogens is 240 g/mol. The van der Waals surface area contributed by atoms with Crippen molar-refractivity contribution in [2.75, 3.05) is 0 Å². The second-order valence-corrected chi connectivity index (χ2v) is 5.09. The van der Waals surface area contributed by atoms with Crippen molar-refractivity contribution in [1.82, 2.24) is 0 Å². The van der Waals surface area contributed by atoms with Gasteiger partial charge < -0.3 is 5.11 Å². The average molecular weight is 254 g/mol. The highest BCUT2D eigenvalue weighted by Crippen LogP contribution is 2.31. The van der Waals surface area contributed by atoms with Gasteiger partial charge in [-0.25, -0.2) is 0 Å². The van der Waals surface area contributed by atoms with Crippen molar-refractivity contribution < 1.29 is 5.11 Å². The standard InChI is InChI=1S/C16H14OS/c1-2-15(18-14-11-7-4-8-12-14)16(17)13-9-5-3-6-10-13/h1,3-12,15-17H. The molecule has 2 aromatic carbocycles. The van der Waals surface area contributed by atoms with Gasteiger partial charge in [-0.15, -0.1) is 18.2 Å². The van der Waals surface area contributed by atoms with E-state index in [1.165, 1.54) is 11.8 Å². The van der Waals surface area contributed by atoms with Gasteiger partial charge in [-0.1, -0.05) is 54.5 Å². The van der Waals surface area contributed by atoms with Crippen molar-refractivity contribution in [3.05, 3.63) is 66.2 Å². The second-order valence-electron chi connectivity index (χ2n) is 3.87. The summed E-state index contributed by atoms with van der Waals surface area (Å²) in [6.07, 6.45) is 4.88. The fourth-order valence-corrected chi connectivity index (χ4v) is 2.62. The third kappa shape index (κ3) is 3.16. The molecule has 1 N–H and O–H groups in total. The molecule has 0 spiro atoms. The summed E-state index contributed by atoms with van der Waals surface area (Å²) in [5, 5.41) is 10.00. The minimum Gasteiger partial charge on any atom is -0.386 e. The first-order valence-corrected chi connectivity index (χ1v) is 6.60. The first-order chi connectivity index (χ1) is 8.81. The topological polar surface area (TPSA) is 20.2 Å².